The fourth-order valence-corrected chi connectivity index (χ4v) is 4.15. The molecular formula is C22H24FN5O. The summed E-state index contributed by atoms with van der Waals surface area (Å²) < 4.78 is 15.0. The minimum atomic E-state index is -0.383. The van der Waals surface area contributed by atoms with Gasteiger partial charge in [-0.05, 0) is 55.0 Å². The van der Waals surface area contributed by atoms with Crippen LogP contribution < -0.4 is 5.73 Å². The predicted molar refractivity (Wildman–Crippen MR) is 108 cm³/mol. The van der Waals surface area contributed by atoms with Crippen molar-refractivity contribution in [1.29, 1.82) is 0 Å². The second-order valence-corrected chi connectivity index (χ2v) is 7.39. The Morgan fingerprint density at radius 2 is 1.90 bits per heavy atom. The van der Waals surface area contributed by atoms with Crippen LogP contribution >= 0.6 is 0 Å². The fourth-order valence-electron chi connectivity index (χ4n) is 4.15. The number of piperidine rings is 1. The Bertz CT molecular complexity index is 966. The molecule has 1 fully saturated rings. The summed E-state index contributed by atoms with van der Waals surface area (Å²) in [6.45, 7) is 1.90. The van der Waals surface area contributed by atoms with Gasteiger partial charge in [-0.3, -0.25) is 4.79 Å². The molecule has 1 atom stereocenters. The maximum atomic E-state index is 13.6. The van der Waals surface area contributed by atoms with Gasteiger partial charge in [-0.2, -0.15) is 0 Å². The first kappa shape index (κ1) is 19.3. The van der Waals surface area contributed by atoms with Crippen molar-refractivity contribution in [3.05, 3.63) is 77.9 Å². The highest BCUT2D eigenvalue weighted by molar-refractivity contribution is 5.92. The Morgan fingerprint density at radius 3 is 2.59 bits per heavy atom. The molecule has 7 heteroatoms. The molecule has 6 nitrogen and oxygen atoms in total. The molecule has 3 aromatic rings. The summed E-state index contributed by atoms with van der Waals surface area (Å²) in [7, 11) is 0. The van der Waals surface area contributed by atoms with Crippen molar-refractivity contribution < 1.29 is 9.18 Å². The highest BCUT2D eigenvalue weighted by atomic mass is 19.1. The average molecular weight is 393 g/mol. The van der Waals surface area contributed by atoms with Gasteiger partial charge in [0.05, 0.1) is 11.9 Å². The topological polar surface area (TPSA) is 77.0 Å². The van der Waals surface area contributed by atoms with E-state index in [-0.39, 0.29) is 11.7 Å². The number of carbonyl (C=O) groups is 1. The van der Waals surface area contributed by atoms with Gasteiger partial charge in [0.2, 0.25) is 0 Å². The quantitative estimate of drug-likeness (QED) is 0.723. The van der Waals surface area contributed by atoms with Gasteiger partial charge in [0, 0.05) is 13.1 Å². The second kappa shape index (κ2) is 8.53. The van der Waals surface area contributed by atoms with Crippen molar-refractivity contribution >= 4 is 5.91 Å². The van der Waals surface area contributed by atoms with E-state index in [2.05, 4.69) is 22.4 Å². The molecule has 1 aliphatic heterocycles. The summed E-state index contributed by atoms with van der Waals surface area (Å²) in [5.74, 6) is 0.221. The smallest absolute Gasteiger partial charge is 0.274 e. The summed E-state index contributed by atoms with van der Waals surface area (Å²) in [4.78, 5) is 14.9. The third kappa shape index (κ3) is 4.05. The molecule has 1 saturated heterocycles. The normalized spacial score (nSPS) is 16.0. The van der Waals surface area contributed by atoms with Crippen molar-refractivity contribution in [3.63, 3.8) is 0 Å². The molecule has 1 amide bonds. The Morgan fingerprint density at radius 1 is 1.14 bits per heavy atom. The lowest BCUT2D eigenvalue weighted by atomic mass is 9.80. The molecule has 4 rings (SSSR count). The molecule has 1 aliphatic rings. The minimum absolute atomic E-state index is 0.137. The first-order chi connectivity index (χ1) is 14.2. The molecule has 0 radical (unpaired) electrons. The molecule has 1 aromatic heterocycles. The Labute approximate surface area is 169 Å². The van der Waals surface area contributed by atoms with Gasteiger partial charge in [0.15, 0.2) is 5.69 Å². The highest BCUT2D eigenvalue weighted by Gasteiger charge is 2.30. The molecule has 0 saturated carbocycles. The molecule has 150 valence electrons. The van der Waals surface area contributed by atoms with E-state index in [0.29, 0.717) is 42.9 Å². The van der Waals surface area contributed by atoms with Crippen molar-refractivity contribution in [3.8, 4) is 5.69 Å². The first-order valence-corrected chi connectivity index (χ1v) is 9.88. The number of benzene rings is 2. The van der Waals surface area contributed by atoms with E-state index >= 15 is 0 Å². The first-order valence-electron chi connectivity index (χ1n) is 9.88. The fraction of sp³-hybridized carbons (Fsp3) is 0.318. The molecule has 0 spiro atoms. The number of aromatic nitrogens is 3. The summed E-state index contributed by atoms with van der Waals surface area (Å²) in [6.07, 6.45) is 3.22. The van der Waals surface area contributed by atoms with E-state index in [9.17, 15) is 9.18 Å². The van der Waals surface area contributed by atoms with Crippen molar-refractivity contribution in [2.75, 3.05) is 19.6 Å². The van der Waals surface area contributed by atoms with Gasteiger partial charge >= 0.3 is 0 Å². The molecule has 2 aromatic carbocycles. The van der Waals surface area contributed by atoms with E-state index in [1.54, 1.807) is 12.1 Å². The number of halogens is 1. The second-order valence-electron chi connectivity index (χ2n) is 7.39. The molecule has 2 heterocycles. The summed E-state index contributed by atoms with van der Waals surface area (Å²) in [6, 6.07) is 16.3. The molecule has 1 unspecified atom stereocenters. The van der Waals surface area contributed by atoms with Crippen molar-refractivity contribution in [2.24, 2.45) is 11.7 Å². The number of likely N-dealkylation sites (tertiary alicyclic amines) is 1. The monoisotopic (exact) mass is 393 g/mol. The van der Waals surface area contributed by atoms with Gasteiger partial charge in [-0.1, -0.05) is 41.6 Å². The summed E-state index contributed by atoms with van der Waals surface area (Å²) >= 11 is 0. The lowest BCUT2D eigenvalue weighted by Crippen LogP contribution is -2.41. The van der Waals surface area contributed by atoms with E-state index in [0.717, 1.165) is 12.8 Å². The van der Waals surface area contributed by atoms with Crippen LogP contribution in [0.1, 0.15) is 34.8 Å². The molecular weight excluding hydrogens is 369 g/mol. The van der Waals surface area contributed by atoms with Gasteiger partial charge in [0.25, 0.3) is 5.91 Å². The van der Waals surface area contributed by atoms with Crippen LogP contribution in [-0.4, -0.2) is 45.4 Å². The number of nitrogens with zero attached hydrogens (tertiary/aromatic N) is 4. The van der Waals surface area contributed by atoms with Crippen LogP contribution in [0.25, 0.3) is 5.69 Å². The van der Waals surface area contributed by atoms with Gasteiger partial charge in [0.1, 0.15) is 5.82 Å². The Kier molecular flexibility index (Phi) is 5.67. The summed E-state index contributed by atoms with van der Waals surface area (Å²) in [5.41, 5.74) is 8.15. The highest BCUT2D eigenvalue weighted by Crippen LogP contribution is 2.32. The third-order valence-corrected chi connectivity index (χ3v) is 5.70. The standard InChI is InChI=1S/C22H24FN5O/c23-18-7-4-8-19(13-18)28-21(15-25-26-28)22(29)27-11-9-17(10-12-27)20(14-24)16-5-2-1-3-6-16/h1-8,13,15,17,20H,9-12,14,24H2. The van der Waals surface area contributed by atoms with Gasteiger partial charge < -0.3 is 10.6 Å². The molecule has 29 heavy (non-hydrogen) atoms. The lowest BCUT2D eigenvalue weighted by molar-refractivity contribution is 0.0669. The molecule has 2 N–H and O–H groups in total. The van der Waals surface area contributed by atoms with Crippen LogP contribution in [-0.2, 0) is 0 Å². The van der Waals surface area contributed by atoms with Crippen LogP contribution in [0.3, 0.4) is 0 Å². The van der Waals surface area contributed by atoms with Crippen LogP contribution in [0.15, 0.2) is 60.8 Å². The number of hydrogen-bond acceptors (Lipinski definition) is 4. The molecule has 0 bridgehead atoms. The third-order valence-electron chi connectivity index (χ3n) is 5.70. The van der Waals surface area contributed by atoms with E-state index in [1.807, 2.05) is 23.1 Å². The molecule has 0 aliphatic carbocycles. The number of nitrogens with two attached hydrogens (primary N) is 1. The van der Waals surface area contributed by atoms with Crippen LogP contribution in [0.4, 0.5) is 4.39 Å². The van der Waals surface area contributed by atoms with E-state index in [1.165, 1.54) is 28.6 Å². The van der Waals surface area contributed by atoms with E-state index < -0.39 is 0 Å². The van der Waals surface area contributed by atoms with Gasteiger partial charge in [-0.15, -0.1) is 5.10 Å². The average Bonchev–Trinajstić information content (AvgIpc) is 3.25. The Balaban J connectivity index is 1.46. The summed E-state index contributed by atoms with van der Waals surface area (Å²) in [5, 5.41) is 7.84. The zero-order chi connectivity index (χ0) is 20.2. The maximum Gasteiger partial charge on any atom is 0.274 e. The predicted octanol–water partition coefficient (Wildman–Crippen LogP) is 3.00. The number of carbonyl (C=O) groups excluding carboxylic acids is 1. The zero-order valence-electron chi connectivity index (χ0n) is 16.1. The Hall–Kier alpha value is -3.06. The number of rotatable bonds is 5. The zero-order valence-corrected chi connectivity index (χ0v) is 16.1. The van der Waals surface area contributed by atoms with Crippen LogP contribution in [0.5, 0.6) is 0 Å². The van der Waals surface area contributed by atoms with Crippen molar-refractivity contribution in [2.45, 2.75) is 18.8 Å². The van der Waals surface area contributed by atoms with Crippen LogP contribution in [0, 0.1) is 11.7 Å². The van der Waals surface area contributed by atoms with Gasteiger partial charge in [-0.25, -0.2) is 9.07 Å². The number of amides is 1. The minimum Gasteiger partial charge on any atom is -0.337 e. The van der Waals surface area contributed by atoms with Crippen molar-refractivity contribution in [1.82, 2.24) is 19.9 Å². The maximum absolute atomic E-state index is 13.6. The van der Waals surface area contributed by atoms with Crippen LogP contribution in [0.2, 0.25) is 0 Å². The largest absolute Gasteiger partial charge is 0.337 e. The lowest BCUT2D eigenvalue weighted by Gasteiger charge is -2.36. The SMILES string of the molecule is NCC(c1ccccc1)C1CCN(C(=O)c2cnnn2-c2cccc(F)c2)CC1. The van der Waals surface area contributed by atoms with E-state index in [4.69, 9.17) is 5.73 Å². The number of hydrogen-bond donors (Lipinski definition) is 1.